The van der Waals surface area contributed by atoms with Gasteiger partial charge in [0.15, 0.2) is 0 Å². The van der Waals surface area contributed by atoms with E-state index in [2.05, 4.69) is 11.9 Å². The Hall–Kier alpha value is -2.30. The van der Waals surface area contributed by atoms with Crippen LogP contribution in [0.25, 0.3) is 10.9 Å². The fourth-order valence-corrected chi connectivity index (χ4v) is 3.79. The van der Waals surface area contributed by atoms with Gasteiger partial charge in [-0.2, -0.15) is 0 Å². The Morgan fingerprint density at radius 3 is 2.71 bits per heavy atom. The van der Waals surface area contributed by atoms with Crippen molar-refractivity contribution in [1.82, 2.24) is 9.88 Å². The summed E-state index contributed by atoms with van der Waals surface area (Å²) in [5.74, 6) is -1.01. The number of para-hydroxylation sites is 1. The number of hydrogen-bond acceptors (Lipinski definition) is 2. The van der Waals surface area contributed by atoms with Crippen LogP contribution in [0.1, 0.15) is 56.8 Å². The normalized spacial score (nSPS) is 20.2. The summed E-state index contributed by atoms with van der Waals surface area (Å²) < 4.78 is 0. The Morgan fingerprint density at radius 1 is 1.29 bits per heavy atom. The van der Waals surface area contributed by atoms with Gasteiger partial charge in [-0.1, -0.05) is 44.9 Å². The minimum absolute atomic E-state index is 0.0900. The van der Waals surface area contributed by atoms with E-state index in [0.717, 1.165) is 41.4 Å². The van der Waals surface area contributed by atoms with Gasteiger partial charge in [-0.25, -0.2) is 4.79 Å². The summed E-state index contributed by atoms with van der Waals surface area (Å²) in [6.07, 6.45) is 3.44. The number of hydrogen-bond donors (Lipinski definition) is 2. The van der Waals surface area contributed by atoms with Crippen LogP contribution in [0.2, 0.25) is 0 Å². The molecule has 0 saturated carbocycles. The quantitative estimate of drug-likeness (QED) is 0.880. The molecule has 1 aliphatic rings. The van der Waals surface area contributed by atoms with Crippen molar-refractivity contribution in [1.29, 1.82) is 0 Å². The maximum Gasteiger partial charge on any atom is 0.326 e. The van der Waals surface area contributed by atoms with E-state index in [9.17, 15) is 14.7 Å². The second kappa shape index (κ2) is 6.67. The van der Waals surface area contributed by atoms with Crippen molar-refractivity contribution in [3.8, 4) is 0 Å². The first kappa shape index (κ1) is 16.6. The zero-order valence-electron chi connectivity index (χ0n) is 14.2. The molecule has 5 heteroatoms. The fourth-order valence-electron chi connectivity index (χ4n) is 3.79. The van der Waals surface area contributed by atoms with Gasteiger partial charge >= 0.3 is 5.97 Å². The highest BCUT2D eigenvalue weighted by atomic mass is 16.4. The zero-order valence-corrected chi connectivity index (χ0v) is 14.2. The molecule has 0 bridgehead atoms. The zero-order chi connectivity index (χ0) is 17.3. The molecule has 128 valence electrons. The number of fused-ring (bicyclic) bond motifs is 3. The van der Waals surface area contributed by atoms with Crippen molar-refractivity contribution in [3.05, 3.63) is 35.5 Å². The minimum Gasteiger partial charge on any atom is -0.480 e. The van der Waals surface area contributed by atoms with Gasteiger partial charge in [0.05, 0.1) is 6.04 Å². The number of nitrogens with one attached hydrogen (secondary N) is 1. The lowest BCUT2D eigenvalue weighted by atomic mass is 9.89. The molecule has 3 rings (SSSR count). The highest BCUT2D eigenvalue weighted by Gasteiger charge is 2.41. The molecular formula is C19H24N2O3. The molecule has 5 nitrogen and oxygen atoms in total. The van der Waals surface area contributed by atoms with Gasteiger partial charge in [-0.15, -0.1) is 0 Å². The Bertz CT molecular complexity index is 765. The predicted octanol–water partition coefficient (Wildman–Crippen LogP) is 3.65. The second-order valence-electron chi connectivity index (χ2n) is 6.43. The van der Waals surface area contributed by atoms with E-state index in [-0.39, 0.29) is 11.9 Å². The maximum absolute atomic E-state index is 12.5. The highest BCUT2D eigenvalue weighted by molar-refractivity contribution is 5.89. The number of carbonyl (C=O) groups is 2. The molecule has 2 unspecified atom stereocenters. The van der Waals surface area contributed by atoms with Crippen molar-refractivity contribution < 1.29 is 14.7 Å². The second-order valence-corrected chi connectivity index (χ2v) is 6.43. The SMILES string of the molecule is CCCCC1c2[nH]c3ccccc3c2CC(C(=O)O)N1C(=O)CC. The molecule has 2 atom stereocenters. The summed E-state index contributed by atoms with van der Waals surface area (Å²) in [7, 11) is 0. The van der Waals surface area contributed by atoms with Crippen LogP contribution in [0, 0.1) is 0 Å². The maximum atomic E-state index is 12.5. The fraction of sp³-hybridized carbons (Fsp3) is 0.474. The van der Waals surface area contributed by atoms with Crippen LogP contribution in [-0.4, -0.2) is 32.9 Å². The topological polar surface area (TPSA) is 73.4 Å². The van der Waals surface area contributed by atoms with Gasteiger partial charge in [0.25, 0.3) is 0 Å². The number of unbranched alkanes of at least 4 members (excludes halogenated alkanes) is 1. The molecule has 0 aliphatic carbocycles. The lowest BCUT2D eigenvalue weighted by molar-refractivity contribution is -0.153. The molecule has 2 heterocycles. The number of nitrogens with zero attached hydrogens (tertiary/aromatic N) is 1. The first-order valence-corrected chi connectivity index (χ1v) is 8.71. The average molecular weight is 328 g/mol. The van der Waals surface area contributed by atoms with Gasteiger partial charge in [0.1, 0.15) is 6.04 Å². The summed E-state index contributed by atoms with van der Waals surface area (Å²) in [5, 5.41) is 10.8. The van der Waals surface area contributed by atoms with Crippen molar-refractivity contribution in [2.45, 2.75) is 58.0 Å². The summed E-state index contributed by atoms with van der Waals surface area (Å²) in [4.78, 5) is 29.5. The molecule has 2 aromatic rings. The standard InChI is InChI=1S/C19H24N2O3/c1-3-5-10-15-18-13(12-8-6-7-9-14(12)20-18)11-16(19(23)24)21(15)17(22)4-2/h6-9,15-16,20H,3-5,10-11H2,1-2H3,(H,23,24). The van der Waals surface area contributed by atoms with E-state index in [0.29, 0.717) is 12.8 Å². The number of amides is 1. The number of aromatic amines is 1. The van der Waals surface area contributed by atoms with Crippen LogP contribution in [0.5, 0.6) is 0 Å². The van der Waals surface area contributed by atoms with Crippen LogP contribution in [0.4, 0.5) is 0 Å². The number of benzene rings is 1. The summed E-state index contributed by atoms with van der Waals surface area (Å²) in [6.45, 7) is 3.90. The molecule has 1 aromatic heterocycles. The Morgan fingerprint density at radius 2 is 2.04 bits per heavy atom. The number of aliphatic carboxylic acids is 1. The van der Waals surface area contributed by atoms with Gasteiger partial charge < -0.3 is 15.0 Å². The molecule has 1 aliphatic heterocycles. The molecular weight excluding hydrogens is 304 g/mol. The first-order chi connectivity index (χ1) is 11.6. The lowest BCUT2D eigenvalue weighted by Gasteiger charge is -2.40. The molecule has 0 radical (unpaired) electrons. The van der Waals surface area contributed by atoms with Gasteiger partial charge in [-0.05, 0) is 18.1 Å². The number of rotatable bonds is 5. The molecule has 1 amide bonds. The monoisotopic (exact) mass is 328 g/mol. The van der Waals surface area contributed by atoms with E-state index in [1.807, 2.05) is 24.3 Å². The van der Waals surface area contributed by atoms with Crippen LogP contribution in [-0.2, 0) is 16.0 Å². The summed E-state index contributed by atoms with van der Waals surface area (Å²) in [5.41, 5.74) is 3.09. The summed E-state index contributed by atoms with van der Waals surface area (Å²) in [6, 6.07) is 7.00. The van der Waals surface area contributed by atoms with Crippen molar-refractivity contribution >= 4 is 22.8 Å². The Balaban J connectivity index is 2.15. The Kier molecular flexibility index (Phi) is 4.60. The third kappa shape index (κ3) is 2.68. The summed E-state index contributed by atoms with van der Waals surface area (Å²) >= 11 is 0. The number of carbonyl (C=O) groups excluding carboxylic acids is 1. The third-order valence-corrected chi connectivity index (χ3v) is 4.96. The van der Waals surface area contributed by atoms with Crippen molar-refractivity contribution in [3.63, 3.8) is 0 Å². The van der Waals surface area contributed by atoms with Crippen molar-refractivity contribution in [2.75, 3.05) is 0 Å². The van der Waals surface area contributed by atoms with E-state index in [1.54, 1.807) is 11.8 Å². The number of aromatic nitrogens is 1. The van der Waals surface area contributed by atoms with Crippen LogP contribution >= 0.6 is 0 Å². The van der Waals surface area contributed by atoms with Gasteiger partial charge in [-0.3, -0.25) is 4.79 Å². The van der Waals surface area contributed by atoms with Crippen LogP contribution in [0.15, 0.2) is 24.3 Å². The Labute approximate surface area is 141 Å². The number of H-pyrrole nitrogens is 1. The van der Waals surface area contributed by atoms with Crippen LogP contribution in [0.3, 0.4) is 0 Å². The van der Waals surface area contributed by atoms with Crippen molar-refractivity contribution in [2.24, 2.45) is 0 Å². The van der Waals surface area contributed by atoms with E-state index in [4.69, 9.17) is 0 Å². The highest BCUT2D eigenvalue weighted by Crippen LogP contribution is 2.40. The molecule has 0 saturated heterocycles. The molecule has 24 heavy (non-hydrogen) atoms. The predicted molar refractivity (Wildman–Crippen MR) is 92.8 cm³/mol. The van der Waals surface area contributed by atoms with Crippen LogP contribution < -0.4 is 0 Å². The van der Waals surface area contributed by atoms with E-state index >= 15 is 0 Å². The lowest BCUT2D eigenvalue weighted by Crippen LogP contribution is -2.51. The molecule has 0 fully saturated rings. The smallest absolute Gasteiger partial charge is 0.326 e. The minimum atomic E-state index is -0.922. The largest absolute Gasteiger partial charge is 0.480 e. The van der Waals surface area contributed by atoms with Gasteiger partial charge in [0, 0.05) is 29.4 Å². The molecule has 0 spiro atoms. The number of carboxylic acid groups (broad SMARTS) is 1. The van der Waals surface area contributed by atoms with Gasteiger partial charge in [0.2, 0.25) is 5.91 Å². The average Bonchev–Trinajstić information content (AvgIpc) is 2.96. The first-order valence-electron chi connectivity index (χ1n) is 8.71. The number of carboxylic acids is 1. The molecule has 2 N–H and O–H groups in total. The molecule has 1 aromatic carbocycles. The third-order valence-electron chi connectivity index (χ3n) is 4.96. The van der Waals surface area contributed by atoms with E-state index < -0.39 is 12.0 Å². The van der Waals surface area contributed by atoms with E-state index in [1.165, 1.54) is 0 Å².